The van der Waals surface area contributed by atoms with Gasteiger partial charge in [0.05, 0.1) is 23.1 Å². The van der Waals surface area contributed by atoms with Crippen molar-refractivity contribution >= 4 is 10.9 Å². The number of rotatable bonds is 5. The molecule has 0 radical (unpaired) electrons. The second-order valence-corrected chi connectivity index (χ2v) is 8.98. The zero-order valence-corrected chi connectivity index (χ0v) is 19.1. The molecule has 5 aromatic rings. The van der Waals surface area contributed by atoms with Gasteiger partial charge in [-0.3, -0.25) is 4.79 Å². The van der Waals surface area contributed by atoms with Crippen LogP contribution in [0.15, 0.2) is 54.0 Å². The molecule has 0 atom stereocenters. The molecule has 10 nitrogen and oxygen atoms in total. The first-order valence-electron chi connectivity index (χ1n) is 11.3. The third-order valence-corrected chi connectivity index (χ3v) is 6.17. The monoisotopic (exact) mass is 453 g/mol. The average molecular weight is 454 g/mol. The van der Waals surface area contributed by atoms with E-state index in [0.717, 1.165) is 16.9 Å². The highest BCUT2D eigenvalue weighted by atomic mass is 16.1. The van der Waals surface area contributed by atoms with Crippen LogP contribution < -0.4 is 5.56 Å². The van der Waals surface area contributed by atoms with Gasteiger partial charge in [-0.2, -0.15) is 4.68 Å². The van der Waals surface area contributed by atoms with Crippen molar-refractivity contribution in [3.05, 3.63) is 70.8 Å². The minimum Gasteiger partial charge on any atom is -0.310 e. The topological polar surface area (TPSA) is 109 Å². The Morgan fingerprint density at radius 3 is 2.74 bits per heavy atom. The highest BCUT2D eigenvalue weighted by Crippen LogP contribution is 2.39. The number of fused-ring (bicyclic) bond motifs is 1. The van der Waals surface area contributed by atoms with E-state index in [1.54, 1.807) is 12.4 Å². The number of pyridine rings is 1. The summed E-state index contributed by atoms with van der Waals surface area (Å²) in [4.78, 5) is 22.7. The standard InChI is InChI=1S/C24H23N9O/c1-14(2)32-13-26-29-23(32)18-5-4-6-22(27-18)33-24(34)17-10-21(15(3)9-19(17)28-30-33)31-11-20(25-12-31)16-7-8-16/h4-6,9-14,16H,7-8H2,1-3H3. The Labute approximate surface area is 194 Å². The van der Waals surface area contributed by atoms with Gasteiger partial charge in [0.15, 0.2) is 11.6 Å². The van der Waals surface area contributed by atoms with Crippen LogP contribution in [0, 0.1) is 6.92 Å². The molecule has 170 valence electrons. The zero-order valence-electron chi connectivity index (χ0n) is 19.1. The molecule has 10 heteroatoms. The molecule has 0 spiro atoms. The molecule has 1 saturated carbocycles. The highest BCUT2D eigenvalue weighted by molar-refractivity contribution is 5.81. The first-order valence-corrected chi connectivity index (χ1v) is 11.3. The van der Waals surface area contributed by atoms with Crippen molar-refractivity contribution < 1.29 is 0 Å². The summed E-state index contributed by atoms with van der Waals surface area (Å²) in [6.45, 7) is 6.08. The summed E-state index contributed by atoms with van der Waals surface area (Å²) in [5.41, 5.74) is 3.85. The first-order chi connectivity index (χ1) is 16.5. The van der Waals surface area contributed by atoms with Crippen molar-refractivity contribution in [2.45, 2.75) is 45.6 Å². The van der Waals surface area contributed by atoms with Gasteiger partial charge in [-0.05, 0) is 63.4 Å². The van der Waals surface area contributed by atoms with Crippen LogP contribution in [0.2, 0.25) is 0 Å². The molecule has 1 fully saturated rings. The van der Waals surface area contributed by atoms with Gasteiger partial charge < -0.3 is 9.13 Å². The number of nitrogens with zero attached hydrogens (tertiary/aromatic N) is 9. The number of aromatic nitrogens is 9. The van der Waals surface area contributed by atoms with Gasteiger partial charge in [0.1, 0.15) is 17.5 Å². The molecular weight excluding hydrogens is 430 g/mol. The van der Waals surface area contributed by atoms with Gasteiger partial charge in [-0.15, -0.1) is 15.3 Å². The summed E-state index contributed by atoms with van der Waals surface area (Å²) in [7, 11) is 0. The lowest BCUT2D eigenvalue weighted by atomic mass is 10.1. The Balaban J connectivity index is 1.45. The molecule has 6 rings (SSSR count). The normalized spacial score (nSPS) is 13.8. The molecule has 4 heterocycles. The van der Waals surface area contributed by atoms with Gasteiger partial charge in [-0.25, -0.2) is 9.97 Å². The van der Waals surface area contributed by atoms with E-state index in [0.29, 0.717) is 34.2 Å². The Bertz CT molecular complexity index is 1590. The van der Waals surface area contributed by atoms with Crippen molar-refractivity contribution in [1.29, 1.82) is 0 Å². The fourth-order valence-corrected chi connectivity index (χ4v) is 4.14. The Kier molecular flexibility index (Phi) is 4.61. The Morgan fingerprint density at radius 1 is 1.09 bits per heavy atom. The number of hydrogen-bond acceptors (Lipinski definition) is 7. The summed E-state index contributed by atoms with van der Waals surface area (Å²) < 4.78 is 5.13. The Hall–Kier alpha value is -4.21. The number of imidazole rings is 1. The fourth-order valence-electron chi connectivity index (χ4n) is 4.14. The lowest BCUT2D eigenvalue weighted by Gasteiger charge is -2.11. The van der Waals surface area contributed by atoms with Crippen LogP contribution in [-0.4, -0.2) is 44.3 Å². The Morgan fingerprint density at radius 2 is 1.94 bits per heavy atom. The largest absolute Gasteiger partial charge is 0.310 e. The molecule has 4 aromatic heterocycles. The van der Waals surface area contributed by atoms with Crippen LogP contribution >= 0.6 is 0 Å². The first kappa shape index (κ1) is 20.4. The minimum atomic E-state index is -0.288. The zero-order chi connectivity index (χ0) is 23.4. The van der Waals surface area contributed by atoms with E-state index >= 15 is 0 Å². The third kappa shape index (κ3) is 3.38. The smallest absolute Gasteiger partial charge is 0.283 e. The number of hydrogen-bond donors (Lipinski definition) is 0. The maximum absolute atomic E-state index is 13.5. The predicted molar refractivity (Wildman–Crippen MR) is 126 cm³/mol. The van der Waals surface area contributed by atoms with Crippen LogP contribution in [0.5, 0.6) is 0 Å². The van der Waals surface area contributed by atoms with Crippen molar-refractivity contribution in [1.82, 2.24) is 44.3 Å². The molecule has 1 aliphatic carbocycles. The molecule has 1 aromatic carbocycles. The second kappa shape index (κ2) is 7.68. The lowest BCUT2D eigenvalue weighted by molar-refractivity contribution is 0.602. The van der Waals surface area contributed by atoms with Crippen molar-refractivity contribution in [2.24, 2.45) is 0 Å². The molecule has 0 saturated heterocycles. The highest BCUT2D eigenvalue weighted by Gasteiger charge is 2.26. The molecule has 1 aliphatic rings. The van der Waals surface area contributed by atoms with Crippen molar-refractivity contribution in [2.75, 3.05) is 0 Å². The predicted octanol–water partition coefficient (Wildman–Crippen LogP) is 3.39. The van der Waals surface area contributed by atoms with E-state index < -0.39 is 0 Å². The van der Waals surface area contributed by atoms with Crippen LogP contribution in [-0.2, 0) is 0 Å². The van der Waals surface area contributed by atoms with E-state index in [1.165, 1.54) is 17.5 Å². The van der Waals surface area contributed by atoms with Crippen LogP contribution in [0.3, 0.4) is 0 Å². The molecule has 0 N–H and O–H groups in total. The fraction of sp³-hybridized carbons (Fsp3) is 0.292. The average Bonchev–Trinajstić information content (AvgIpc) is 3.35. The molecule has 0 amide bonds. The van der Waals surface area contributed by atoms with Crippen molar-refractivity contribution in [3.63, 3.8) is 0 Å². The number of benzene rings is 1. The molecule has 0 unspecified atom stereocenters. The van der Waals surface area contributed by atoms with Gasteiger partial charge in [-0.1, -0.05) is 11.3 Å². The van der Waals surface area contributed by atoms with E-state index in [4.69, 9.17) is 0 Å². The summed E-state index contributed by atoms with van der Waals surface area (Å²) in [5, 5.41) is 17.2. The van der Waals surface area contributed by atoms with Crippen LogP contribution in [0.1, 0.15) is 49.9 Å². The quantitative estimate of drug-likeness (QED) is 0.401. The summed E-state index contributed by atoms with van der Waals surface area (Å²) >= 11 is 0. The second-order valence-electron chi connectivity index (χ2n) is 8.98. The van der Waals surface area contributed by atoms with Crippen LogP contribution in [0.25, 0.3) is 33.9 Å². The summed E-state index contributed by atoms with van der Waals surface area (Å²) in [6, 6.07) is 9.30. The maximum atomic E-state index is 13.5. The van der Waals surface area contributed by atoms with Gasteiger partial charge >= 0.3 is 0 Å². The van der Waals surface area contributed by atoms with Crippen LogP contribution in [0.4, 0.5) is 0 Å². The SMILES string of the molecule is Cc1cc2nnn(-c3cccc(-c4nncn4C(C)C)n3)c(=O)c2cc1-n1cnc(C2CC2)c1. The van der Waals surface area contributed by atoms with E-state index in [2.05, 4.69) is 36.7 Å². The van der Waals surface area contributed by atoms with Gasteiger partial charge in [0.2, 0.25) is 0 Å². The van der Waals surface area contributed by atoms with E-state index in [1.807, 2.05) is 60.5 Å². The third-order valence-electron chi connectivity index (χ3n) is 6.17. The molecule has 34 heavy (non-hydrogen) atoms. The molecular formula is C24H23N9O. The van der Waals surface area contributed by atoms with Gasteiger partial charge in [0, 0.05) is 18.2 Å². The van der Waals surface area contributed by atoms with E-state index in [-0.39, 0.29) is 11.6 Å². The summed E-state index contributed by atoms with van der Waals surface area (Å²) in [5.74, 6) is 1.56. The van der Waals surface area contributed by atoms with Gasteiger partial charge in [0.25, 0.3) is 5.56 Å². The van der Waals surface area contributed by atoms with Crippen molar-refractivity contribution in [3.8, 4) is 23.0 Å². The lowest BCUT2D eigenvalue weighted by Crippen LogP contribution is -2.24. The summed E-state index contributed by atoms with van der Waals surface area (Å²) in [6.07, 6.45) is 7.91. The number of aryl methyl sites for hydroxylation is 1. The maximum Gasteiger partial charge on any atom is 0.283 e. The minimum absolute atomic E-state index is 0.170. The van der Waals surface area contributed by atoms with E-state index in [9.17, 15) is 4.79 Å². The molecule has 0 bridgehead atoms. The molecule has 0 aliphatic heterocycles.